The van der Waals surface area contributed by atoms with Crippen molar-refractivity contribution in [1.29, 1.82) is 0 Å². The summed E-state index contributed by atoms with van der Waals surface area (Å²) in [5, 5.41) is 0. The first-order valence-corrected chi connectivity index (χ1v) is 12.2. The summed E-state index contributed by atoms with van der Waals surface area (Å²) in [6.45, 7) is 2.19. The summed E-state index contributed by atoms with van der Waals surface area (Å²) >= 11 is 0. The molecule has 1 aliphatic carbocycles. The van der Waals surface area contributed by atoms with Crippen molar-refractivity contribution in [2.45, 2.75) is 62.6 Å². The number of rotatable bonds is 6. The number of carbonyl (C=O) groups is 1. The number of aryl methyl sites for hydroxylation is 1. The Bertz CT molecular complexity index is 966. The summed E-state index contributed by atoms with van der Waals surface area (Å²) in [5.74, 6) is 0.119. The summed E-state index contributed by atoms with van der Waals surface area (Å²) in [6, 6.07) is 15.5. The lowest BCUT2D eigenvalue weighted by Crippen LogP contribution is -2.46. The number of sulfonamides is 1. The molecular weight excluding hydrogens is 398 g/mol. The molecule has 0 amide bonds. The van der Waals surface area contributed by atoms with Gasteiger partial charge in [0.05, 0.1) is 17.5 Å². The van der Waals surface area contributed by atoms with E-state index in [0.717, 1.165) is 31.2 Å². The zero-order chi connectivity index (χ0) is 21.1. The largest absolute Gasteiger partial charge is 0.360 e. The van der Waals surface area contributed by atoms with Gasteiger partial charge in [0, 0.05) is 12.0 Å². The normalized spacial score (nSPS) is 23.5. The van der Waals surface area contributed by atoms with Crippen LogP contribution >= 0.6 is 0 Å². The lowest BCUT2D eigenvalue weighted by atomic mass is 9.88. The molecule has 0 bridgehead atoms. The third kappa shape index (κ3) is 4.36. The van der Waals surface area contributed by atoms with Crippen LogP contribution < -0.4 is 0 Å². The van der Waals surface area contributed by atoms with E-state index in [9.17, 15) is 13.2 Å². The molecule has 0 aromatic heterocycles. The van der Waals surface area contributed by atoms with Crippen molar-refractivity contribution in [2.24, 2.45) is 5.92 Å². The molecule has 1 saturated heterocycles. The van der Waals surface area contributed by atoms with Gasteiger partial charge < -0.3 is 4.74 Å². The molecule has 4 rings (SSSR count). The number of benzene rings is 2. The molecule has 2 unspecified atom stereocenters. The Morgan fingerprint density at radius 1 is 1.00 bits per heavy atom. The maximum absolute atomic E-state index is 13.7. The Morgan fingerprint density at radius 2 is 1.67 bits per heavy atom. The van der Waals surface area contributed by atoms with Crippen LogP contribution in [0.5, 0.6) is 0 Å². The molecule has 2 fully saturated rings. The molecule has 0 N–H and O–H groups in total. The van der Waals surface area contributed by atoms with Gasteiger partial charge in [-0.05, 0) is 37.8 Å². The summed E-state index contributed by atoms with van der Waals surface area (Å²) < 4.78 is 34.9. The second kappa shape index (κ2) is 9.00. The van der Waals surface area contributed by atoms with Gasteiger partial charge in [-0.25, -0.2) is 8.42 Å². The van der Waals surface area contributed by atoms with Crippen molar-refractivity contribution < 1.29 is 17.9 Å². The van der Waals surface area contributed by atoms with Crippen LogP contribution in [0.2, 0.25) is 0 Å². The van der Waals surface area contributed by atoms with Crippen LogP contribution in [0.25, 0.3) is 0 Å². The zero-order valence-corrected chi connectivity index (χ0v) is 18.2. The number of nitrogens with zero attached hydrogens (tertiary/aromatic N) is 1. The quantitative estimate of drug-likeness (QED) is 0.634. The number of carbonyl (C=O) groups excluding carboxylic acids is 1. The molecule has 30 heavy (non-hydrogen) atoms. The summed E-state index contributed by atoms with van der Waals surface area (Å²) in [6.07, 6.45) is 4.92. The Labute approximate surface area is 179 Å². The zero-order valence-electron chi connectivity index (χ0n) is 17.4. The van der Waals surface area contributed by atoms with Gasteiger partial charge in [-0.2, -0.15) is 4.31 Å². The van der Waals surface area contributed by atoms with Crippen LogP contribution in [0.3, 0.4) is 0 Å². The second-order valence-corrected chi connectivity index (χ2v) is 10.3. The highest BCUT2D eigenvalue weighted by atomic mass is 32.2. The minimum absolute atomic E-state index is 0.0578. The topological polar surface area (TPSA) is 63.7 Å². The molecule has 2 atom stereocenters. The van der Waals surface area contributed by atoms with Crippen LogP contribution in [0.15, 0.2) is 59.5 Å². The Kier molecular flexibility index (Phi) is 6.37. The number of hydrogen-bond acceptors (Lipinski definition) is 4. The van der Waals surface area contributed by atoms with E-state index >= 15 is 0 Å². The number of ether oxygens (including phenoxy) is 1. The smallest absolute Gasteiger partial charge is 0.245 e. The SMILES string of the molecule is Cc1ccc(S(=O)(=O)N2C(CC(=O)c3ccccc3)COC2C2CCCCC2)cc1. The molecule has 5 nitrogen and oxygen atoms in total. The lowest BCUT2D eigenvalue weighted by Gasteiger charge is -2.34. The van der Waals surface area contributed by atoms with E-state index in [2.05, 4.69) is 0 Å². The minimum atomic E-state index is -3.77. The van der Waals surface area contributed by atoms with Gasteiger partial charge in [0.25, 0.3) is 0 Å². The van der Waals surface area contributed by atoms with Crippen molar-refractivity contribution in [3.63, 3.8) is 0 Å². The standard InChI is InChI=1S/C24H29NO4S/c1-18-12-14-22(15-13-18)30(27,28)25-21(16-23(26)19-8-4-2-5-9-19)17-29-24(25)20-10-6-3-7-11-20/h2,4-5,8-9,12-15,20-21,24H,3,6-7,10-11,16-17H2,1H3. The molecule has 0 radical (unpaired) electrons. The van der Waals surface area contributed by atoms with Crippen LogP contribution in [-0.4, -0.2) is 37.4 Å². The van der Waals surface area contributed by atoms with E-state index in [0.29, 0.717) is 5.56 Å². The molecule has 2 aliphatic rings. The first kappa shape index (κ1) is 21.2. The van der Waals surface area contributed by atoms with Gasteiger partial charge in [-0.1, -0.05) is 67.3 Å². The van der Waals surface area contributed by atoms with Gasteiger partial charge in [-0.3, -0.25) is 4.79 Å². The third-order valence-electron chi connectivity index (χ3n) is 6.24. The first-order chi connectivity index (χ1) is 14.5. The van der Waals surface area contributed by atoms with E-state index in [4.69, 9.17) is 4.74 Å². The van der Waals surface area contributed by atoms with Crippen molar-refractivity contribution in [1.82, 2.24) is 4.31 Å². The highest BCUT2D eigenvalue weighted by Crippen LogP contribution is 2.38. The van der Waals surface area contributed by atoms with Gasteiger partial charge >= 0.3 is 0 Å². The molecule has 1 aliphatic heterocycles. The van der Waals surface area contributed by atoms with Crippen molar-refractivity contribution in [3.8, 4) is 0 Å². The Morgan fingerprint density at radius 3 is 2.33 bits per heavy atom. The van der Waals surface area contributed by atoms with E-state index in [1.54, 1.807) is 24.3 Å². The molecule has 0 spiro atoms. The van der Waals surface area contributed by atoms with Gasteiger partial charge in [-0.15, -0.1) is 0 Å². The Balaban J connectivity index is 1.65. The fourth-order valence-electron chi connectivity index (χ4n) is 4.60. The highest BCUT2D eigenvalue weighted by Gasteiger charge is 2.47. The van der Waals surface area contributed by atoms with Gasteiger partial charge in [0.2, 0.25) is 10.0 Å². The predicted octanol–water partition coefficient (Wildman–Crippen LogP) is 4.56. The fraction of sp³-hybridized carbons (Fsp3) is 0.458. The average Bonchev–Trinajstić information content (AvgIpc) is 3.19. The van der Waals surface area contributed by atoms with E-state index in [-0.39, 0.29) is 29.6 Å². The van der Waals surface area contributed by atoms with Gasteiger partial charge in [0.15, 0.2) is 5.78 Å². The van der Waals surface area contributed by atoms with E-state index in [1.807, 2.05) is 37.3 Å². The van der Waals surface area contributed by atoms with Crippen LogP contribution in [-0.2, 0) is 14.8 Å². The molecule has 6 heteroatoms. The van der Waals surface area contributed by atoms with Crippen LogP contribution in [0, 0.1) is 12.8 Å². The molecule has 1 heterocycles. The number of hydrogen-bond donors (Lipinski definition) is 0. The fourth-order valence-corrected chi connectivity index (χ4v) is 6.36. The van der Waals surface area contributed by atoms with Crippen LogP contribution in [0.1, 0.15) is 54.4 Å². The maximum atomic E-state index is 13.7. The van der Waals surface area contributed by atoms with Gasteiger partial charge in [0.1, 0.15) is 6.23 Å². The summed E-state index contributed by atoms with van der Waals surface area (Å²) in [4.78, 5) is 13.1. The summed E-state index contributed by atoms with van der Waals surface area (Å²) in [5.41, 5.74) is 1.61. The monoisotopic (exact) mass is 427 g/mol. The second-order valence-electron chi connectivity index (χ2n) is 8.42. The van der Waals surface area contributed by atoms with Crippen molar-refractivity contribution in [3.05, 3.63) is 65.7 Å². The van der Waals surface area contributed by atoms with Crippen molar-refractivity contribution in [2.75, 3.05) is 6.61 Å². The van der Waals surface area contributed by atoms with E-state index in [1.165, 1.54) is 10.7 Å². The lowest BCUT2D eigenvalue weighted by molar-refractivity contribution is 0.00449. The van der Waals surface area contributed by atoms with Crippen LogP contribution in [0.4, 0.5) is 0 Å². The van der Waals surface area contributed by atoms with Crippen molar-refractivity contribution >= 4 is 15.8 Å². The number of ketones is 1. The Hall–Kier alpha value is -2.02. The minimum Gasteiger partial charge on any atom is -0.360 e. The molecule has 2 aromatic carbocycles. The first-order valence-electron chi connectivity index (χ1n) is 10.8. The molecule has 160 valence electrons. The molecule has 1 saturated carbocycles. The maximum Gasteiger partial charge on any atom is 0.245 e. The predicted molar refractivity (Wildman–Crippen MR) is 116 cm³/mol. The summed E-state index contributed by atoms with van der Waals surface area (Å²) in [7, 11) is -3.77. The average molecular weight is 428 g/mol. The molecular formula is C24H29NO4S. The highest BCUT2D eigenvalue weighted by molar-refractivity contribution is 7.89. The third-order valence-corrected chi connectivity index (χ3v) is 8.17. The number of Topliss-reactive ketones (excluding diaryl/α,β-unsaturated/α-hetero) is 1. The van der Waals surface area contributed by atoms with E-state index < -0.39 is 22.3 Å². The molecule has 2 aromatic rings.